The molecule has 3 heteroatoms. The van der Waals surface area contributed by atoms with Gasteiger partial charge in [0.25, 0.3) is 0 Å². The van der Waals surface area contributed by atoms with Gasteiger partial charge in [0.2, 0.25) is 0 Å². The molecule has 0 spiro atoms. The van der Waals surface area contributed by atoms with Gasteiger partial charge in [-0.3, -0.25) is 0 Å². The highest BCUT2D eigenvalue weighted by atomic mass is 32.2. The molecule has 0 amide bonds. The van der Waals surface area contributed by atoms with Crippen LogP contribution >= 0.6 is 11.8 Å². The Kier molecular flexibility index (Phi) is 11.1. The molecule has 0 aromatic rings. The molecule has 2 N–H and O–H groups in total. The zero-order valence-corrected chi connectivity index (χ0v) is 13.1. The third-order valence-corrected chi connectivity index (χ3v) is 3.74. The molecule has 18 heavy (non-hydrogen) atoms. The number of nitrogens with one attached hydrogen (secondary N) is 2. The Morgan fingerprint density at radius 3 is 2.56 bits per heavy atom. The van der Waals surface area contributed by atoms with Crippen LogP contribution in [0.25, 0.3) is 0 Å². The lowest BCUT2D eigenvalue weighted by atomic mass is 10.0. The van der Waals surface area contributed by atoms with Crippen molar-refractivity contribution in [1.29, 1.82) is 0 Å². The summed E-state index contributed by atoms with van der Waals surface area (Å²) in [5.74, 6) is 3.94. The minimum Gasteiger partial charge on any atom is -0.394 e. The predicted octanol–water partition coefficient (Wildman–Crippen LogP) is 3.01. The second-order valence-electron chi connectivity index (χ2n) is 4.48. The molecule has 2 atom stereocenters. The van der Waals surface area contributed by atoms with Crippen molar-refractivity contribution in [2.75, 3.05) is 19.1 Å². The van der Waals surface area contributed by atoms with Crippen molar-refractivity contribution in [3.63, 3.8) is 0 Å². The molecule has 0 saturated carbocycles. The molecule has 0 aliphatic rings. The van der Waals surface area contributed by atoms with Crippen LogP contribution in [0.5, 0.6) is 0 Å². The summed E-state index contributed by atoms with van der Waals surface area (Å²) >= 11 is 1.89. The number of terminal acetylenes is 1. The molecule has 0 rings (SSSR count). The summed E-state index contributed by atoms with van der Waals surface area (Å²) in [4.78, 5) is 0. The van der Waals surface area contributed by atoms with Crippen LogP contribution in [0, 0.1) is 12.3 Å². The highest BCUT2D eigenvalue weighted by molar-refractivity contribution is 7.98. The quantitative estimate of drug-likeness (QED) is 0.596. The Hall–Kier alpha value is -0.590. The molecule has 0 aliphatic heterocycles. The average Bonchev–Trinajstić information content (AvgIpc) is 2.37. The molecule has 0 heterocycles. The van der Waals surface area contributed by atoms with E-state index in [1.54, 1.807) is 0 Å². The van der Waals surface area contributed by atoms with Gasteiger partial charge in [-0.1, -0.05) is 19.4 Å². The number of hydrogen-bond donors (Lipinski definition) is 2. The summed E-state index contributed by atoms with van der Waals surface area (Å²) in [7, 11) is 1.95. The van der Waals surface area contributed by atoms with Gasteiger partial charge in [-0.15, -0.1) is 12.3 Å². The average molecular weight is 268 g/mol. The zero-order chi connectivity index (χ0) is 13.8. The lowest BCUT2D eigenvalue weighted by molar-refractivity contribution is 0.439. The molecule has 0 saturated heterocycles. The topological polar surface area (TPSA) is 24.1 Å². The van der Waals surface area contributed by atoms with E-state index in [1.807, 2.05) is 18.8 Å². The maximum Gasteiger partial charge on any atom is 0.0243 e. The fourth-order valence-electron chi connectivity index (χ4n) is 1.98. The lowest BCUT2D eigenvalue weighted by Crippen LogP contribution is -2.39. The van der Waals surface area contributed by atoms with Crippen LogP contribution in [-0.2, 0) is 0 Å². The van der Waals surface area contributed by atoms with Gasteiger partial charge >= 0.3 is 0 Å². The van der Waals surface area contributed by atoms with Crippen molar-refractivity contribution < 1.29 is 0 Å². The number of hydrogen-bond acceptors (Lipinski definition) is 3. The molecule has 0 radical (unpaired) electrons. The third-order valence-electron chi connectivity index (χ3n) is 3.01. The van der Waals surface area contributed by atoms with Crippen LogP contribution in [0.2, 0.25) is 0 Å². The molecule has 2 unspecified atom stereocenters. The molecule has 104 valence electrons. The second kappa shape index (κ2) is 11.5. The molecule has 0 aromatic carbocycles. The summed E-state index contributed by atoms with van der Waals surface area (Å²) in [6, 6.07) is 0.956. The number of thioether (sulfide) groups is 1. The normalized spacial score (nSPS) is 14.9. The van der Waals surface area contributed by atoms with Crippen molar-refractivity contribution in [2.24, 2.45) is 0 Å². The third kappa shape index (κ3) is 7.68. The van der Waals surface area contributed by atoms with Gasteiger partial charge in [-0.2, -0.15) is 11.8 Å². The largest absolute Gasteiger partial charge is 0.394 e. The van der Waals surface area contributed by atoms with Gasteiger partial charge in [0.15, 0.2) is 0 Å². The van der Waals surface area contributed by atoms with E-state index in [-0.39, 0.29) is 0 Å². The summed E-state index contributed by atoms with van der Waals surface area (Å²) in [6.45, 7) is 4.42. The van der Waals surface area contributed by atoms with E-state index in [9.17, 15) is 0 Å². The van der Waals surface area contributed by atoms with E-state index >= 15 is 0 Å². The van der Waals surface area contributed by atoms with Crippen LogP contribution in [0.15, 0.2) is 11.8 Å². The van der Waals surface area contributed by atoms with Gasteiger partial charge in [0.1, 0.15) is 0 Å². The van der Waals surface area contributed by atoms with E-state index < -0.39 is 0 Å². The van der Waals surface area contributed by atoms with Crippen molar-refractivity contribution in [1.82, 2.24) is 10.6 Å². The summed E-state index contributed by atoms with van der Waals surface area (Å²) in [5, 5.41) is 6.81. The van der Waals surface area contributed by atoms with Crippen LogP contribution < -0.4 is 10.6 Å². The van der Waals surface area contributed by atoms with Crippen molar-refractivity contribution >= 4 is 11.8 Å². The Morgan fingerprint density at radius 1 is 1.39 bits per heavy atom. The highest BCUT2D eigenvalue weighted by Crippen LogP contribution is 2.13. The zero-order valence-electron chi connectivity index (χ0n) is 12.3. The van der Waals surface area contributed by atoms with E-state index in [0.29, 0.717) is 12.1 Å². The molecule has 2 nitrogen and oxygen atoms in total. The first-order chi connectivity index (χ1) is 8.71. The van der Waals surface area contributed by atoms with Crippen molar-refractivity contribution in [3.8, 4) is 12.3 Å². The van der Waals surface area contributed by atoms with Gasteiger partial charge in [0.05, 0.1) is 0 Å². The molecular weight excluding hydrogens is 240 g/mol. The van der Waals surface area contributed by atoms with Gasteiger partial charge < -0.3 is 10.6 Å². The van der Waals surface area contributed by atoms with E-state index in [0.717, 1.165) is 31.4 Å². The van der Waals surface area contributed by atoms with Crippen LogP contribution in [0.1, 0.15) is 39.5 Å². The smallest absolute Gasteiger partial charge is 0.0243 e. The summed E-state index contributed by atoms with van der Waals surface area (Å²) in [6.07, 6.45) is 13.8. The van der Waals surface area contributed by atoms with Crippen LogP contribution in [0.4, 0.5) is 0 Å². The minimum atomic E-state index is 0.395. The number of rotatable bonds is 10. The molecule has 0 aliphatic carbocycles. The first kappa shape index (κ1) is 17.4. The van der Waals surface area contributed by atoms with E-state index in [4.69, 9.17) is 6.42 Å². The molecule has 0 bridgehead atoms. The molecular formula is C15H28N2S. The Balaban J connectivity index is 4.45. The first-order valence-electron chi connectivity index (χ1n) is 6.75. The van der Waals surface area contributed by atoms with Crippen LogP contribution in [0.3, 0.4) is 0 Å². The maximum atomic E-state index is 5.48. The minimum absolute atomic E-state index is 0.395. The first-order valence-corrected chi connectivity index (χ1v) is 8.14. The standard InChI is InChI=1S/C15H28N2S/c1-6-9-15(10-13(7-2)11-16-4)17-14(8-3)12-18-5/h1,11,14-17H,7-10,12H2,2-5H3/b13-11+. The predicted molar refractivity (Wildman–Crippen MR) is 84.9 cm³/mol. The van der Waals surface area contributed by atoms with Gasteiger partial charge in [-0.05, 0) is 31.7 Å². The highest BCUT2D eigenvalue weighted by Gasteiger charge is 2.14. The summed E-state index contributed by atoms with van der Waals surface area (Å²) in [5.41, 5.74) is 1.42. The molecule has 0 fully saturated rings. The van der Waals surface area contributed by atoms with E-state index in [1.165, 1.54) is 5.57 Å². The van der Waals surface area contributed by atoms with E-state index in [2.05, 4.69) is 42.9 Å². The van der Waals surface area contributed by atoms with Gasteiger partial charge in [-0.25, -0.2) is 0 Å². The van der Waals surface area contributed by atoms with Crippen LogP contribution in [-0.4, -0.2) is 31.1 Å². The fraction of sp³-hybridized carbons (Fsp3) is 0.733. The fourth-order valence-corrected chi connectivity index (χ4v) is 2.71. The Morgan fingerprint density at radius 2 is 2.11 bits per heavy atom. The van der Waals surface area contributed by atoms with Crippen molar-refractivity contribution in [3.05, 3.63) is 11.8 Å². The second-order valence-corrected chi connectivity index (χ2v) is 5.39. The Labute approximate surface area is 117 Å². The SMILES string of the molecule is C#CCC(C/C(=C/NC)CC)NC(CC)CSC. The Bertz CT molecular complexity index is 268. The lowest BCUT2D eigenvalue weighted by Gasteiger charge is -2.24. The summed E-state index contributed by atoms with van der Waals surface area (Å²) < 4.78 is 0. The van der Waals surface area contributed by atoms with Crippen molar-refractivity contribution in [2.45, 2.75) is 51.6 Å². The monoisotopic (exact) mass is 268 g/mol. The maximum absolute atomic E-state index is 5.48. The van der Waals surface area contributed by atoms with Gasteiger partial charge in [0, 0.05) is 31.3 Å². The molecule has 0 aromatic heterocycles.